The van der Waals surface area contributed by atoms with Gasteiger partial charge in [-0.05, 0) is 12.3 Å². The van der Waals surface area contributed by atoms with E-state index in [2.05, 4.69) is 4.72 Å². The Kier molecular flexibility index (Phi) is 7.59. The molecule has 2 N–H and O–H groups in total. The maximum atomic E-state index is 12.0. The summed E-state index contributed by atoms with van der Waals surface area (Å²) < 4.78 is 27.2. The fourth-order valence-corrected chi connectivity index (χ4v) is 2.93. The van der Waals surface area contributed by atoms with Gasteiger partial charge in [-0.15, -0.1) is 0 Å². The van der Waals surface area contributed by atoms with Crippen molar-refractivity contribution in [2.75, 3.05) is 13.1 Å². The zero-order chi connectivity index (χ0) is 15.1. The van der Waals surface area contributed by atoms with Crippen molar-refractivity contribution in [3.8, 4) is 6.07 Å². The van der Waals surface area contributed by atoms with Gasteiger partial charge < -0.3 is 5.11 Å². The summed E-state index contributed by atoms with van der Waals surface area (Å²) in [6.07, 6.45) is 0.279. The molecule has 0 heterocycles. The number of hydrogen-bond donors (Lipinski definition) is 2. The Morgan fingerprint density at radius 3 is 2.42 bits per heavy atom. The minimum atomic E-state index is -3.88. The predicted octanol–water partition coefficient (Wildman–Crippen LogP) is 0.556. The van der Waals surface area contributed by atoms with Gasteiger partial charge in [-0.25, -0.2) is 0 Å². The molecule has 0 aliphatic heterocycles. The lowest BCUT2D eigenvalue weighted by molar-refractivity contribution is -0.139. The summed E-state index contributed by atoms with van der Waals surface area (Å²) in [5.74, 6) is -1.15. The molecule has 0 radical (unpaired) electrons. The predicted molar refractivity (Wildman–Crippen MR) is 70.4 cm³/mol. The van der Waals surface area contributed by atoms with E-state index in [-0.39, 0.29) is 31.8 Å². The van der Waals surface area contributed by atoms with Gasteiger partial charge in [0.05, 0.1) is 6.07 Å². The van der Waals surface area contributed by atoms with Crippen LogP contribution in [0.25, 0.3) is 0 Å². The highest BCUT2D eigenvalue weighted by molar-refractivity contribution is 7.87. The van der Waals surface area contributed by atoms with Crippen molar-refractivity contribution in [2.24, 2.45) is 5.92 Å². The lowest BCUT2D eigenvalue weighted by atomic mass is 10.1. The first-order valence-electron chi connectivity index (χ1n) is 6.11. The molecule has 0 aromatic heterocycles. The first-order chi connectivity index (χ1) is 8.74. The zero-order valence-electron chi connectivity index (χ0n) is 11.5. The Balaban J connectivity index is 4.87. The molecule has 110 valence electrons. The first-order valence-corrected chi connectivity index (χ1v) is 7.55. The van der Waals surface area contributed by atoms with Gasteiger partial charge in [0.2, 0.25) is 0 Å². The van der Waals surface area contributed by atoms with Crippen LogP contribution in [0.2, 0.25) is 0 Å². The molecule has 0 bridgehead atoms. The smallest absolute Gasteiger partial charge is 0.321 e. The van der Waals surface area contributed by atoms with Crippen LogP contribution in [0, 0.1) is 17.2 Å². The normalized spacial score (nSPS) is 13.5. The molecule has 0 aliphatic carbocycles. The summed E-state index contributed by atoms with van der Waals surface area (Å²) >= 11 is 0. The average Bonchev–Trinajstić information content (AvgIpc) is 2.27. The van der Waals surface area contributed by atoms with Gasteiger partial charge in [-0.3, -0.25) is 4.79 Å². The van der Waals surface area contributed by atoms with E-state index in [0.717, 1.165) is 4.31 Å². The molecule has 0 spiro atoms. The quantitative estimate of drug-likeness (QED) is 0.644. The van der Waals surface area contributed by atoms with Crippen molar-refractivity contribution in [2.45, 2.75) is 39.7 Å². The van der Waals surface area contributed by atoms with Gasteiger partial charge in [0, 0.05) is 19.5 Å². The van der Waals surface area contributed by atoms with E-state index in [4.69, 9.17) is 10.4 Å². The zero-order valence-corrected chi connectivity index (χ0v) is 12.3. The number of nitriles is 1. The van der Waals surface area contributed by atoms with Gasteiger partial charge in [0.1, 0.15) is 6.04 Å². The molecule has 0 aromatic carbocycles. The van der Waals surface area contributed by atoms with Crippen molar-refractivity contribution in [1.29, 1.82) is 5.26 Å². The second-order valence-electron chi connectivity index (χ2n) is 4.54. The highest BCUT2D eigenvalue weighted by Crippen LogP contribution is 2.08. The van der Waals surface area contributed by atoms with Crippen LogP contribution in [-0.2, 0) is 15.0 Å². The second-order valence-corrected chi connectivity index (χ2v) is 6.25. The molecule has 0 aromatic rings. The van der Waals surface area contributed by atoms with Crippen LogP contribution in [0.1, 0.15) is 33.6 Å². The molecule has 0 aliphatic rings. The summed E-state index contributed by atoms with van der Waals surface area (Å²) in [6, 6.07) is 0.711. The Morgan fingerprint density at radius 2 is 2.05 bits per heavy atom. The van der Waals surface area contributed by atoms with Gasteiger partial charge in [-0.2, -0.15) is 22.7 Å². The van der Waals surface area contributed by atoms with Crippen LogP contribution >= 0.6 is 0 Å². The van der Waals surface area contributed by atoms with Crippen LogP contribution < -0.4 is 4.72 Å². The van der Waals surface area contributed by atoms with Crippen LogP contribution in [0.4, 0.5) is 0 Å². The highest BCUT2D eigenvalue weighted by atomic mass is 32.2. The van der Waals surface area contributed by atoms with Crippen molar-refractivity contribution >= 4 is 16.2 Å². The summed E-state index contributed by atoms with van der Waals surface area (Å²) in [6.45, 7) is 5.51. The van der Waals surface area contributed by atoms with E-state index in [1.165, 1.54) is 0 Å². The van der Waals surface area contributed by atoms with Crippen LogP contribution in [0.5, 0.6) is 0 Å². The van der Waals surface area contributed by atoms with Crippen molar-refractivity contribution < 1.29 is 18.3 Å². The fourth-order valence-electron chi connectivity index (χ4n) is 1.55. The largest absolute Gasteiger partial charge is 0.480 e. The number of carboxylic acid groups (broad SMARTS) is 1. The average molecular weight is 291 g/mol. The Morgan fingerprint density at radius 1 is 1.47 bits per heavy atom. The summed E-state index contributed by atoms with van der Waals surface area (Å²) in [5.41, 5.74) is 0. The summed E-state index contributed by atoms with van der Waals surface area (Å²) in [5, 5.41) is 17.5. The van der Waals surface area contributed by atoms with Gasteiger partial charge >= 0.3 is 5.97 Å². The maximum Gasteiger partial charge on any atom is 0.321 e. The molecular formula is C11H21N3O4S. The SMILES string of the molecule is CCN(CCC#N)S(=O)(=O)NC(CC(C)C)C(=O)O. The fraction of sp³-hybridized carbons (Fsp3) is 0.818. The number of nitrogens with zero attached hydrogens (tertiary/aromatic N) is 2. The molecule has 19 heavy (non-hydrogen) atoms. The topological polar surface area (TPSA) is 111 Å². The Hall–Kier alpha value is -1.17. The van der Waals surface area contributed by atoms with E-state index in [1.54, 1.807) is 6.92 Å². The minimum Gasteiger partial charge on any atom is -0.480 e. The molecule has 8 heteroatoms. The van der Waals surface area contributed by atoms with Crippen LogP contribution in [0.3, 0.4) is 0 Å². The van der Waals surface area contributed by atoms with E-state index < -0.39 is 22.2 Å². The van der Waals surface area contributed by atoms with E-state index in [9.17, 15) is 13.2 Å². The monoisotopic (exact) mass is 291 g/mol. The third kappa shape index (κ3) is 6.52. The van der Waals surface area contributed by atoms with Gasteiger partial charge in [-0.1, -0.05) is 20.8 Å². The minimum absolute atomic E-state index is 0.0519. The van der Waals surface area contributed by atoms with E-state index in [0.29, 0.717) is 0 Å². The first kappa shape index (κ1) is 17.8. The van der Waals surface area contributed by atoms with Gasteiger partial charge in [0.25, 0.3) is 10.2 Å². The molecule has 1 atom stereocenters. The van der Waals surface area contributed by atoms with Crippen LogP contribution in [0.15, 0.2) is 0 Å². The molecule has 0 fully saturated rings. The standard InChI is InChI=1S/C11H21N3O4S/c1-4-14(7-5-6-12)19(17,18)13-10(11(15)16)8-9(2)3/h9-10,13H,4-5,7-8H2,1-3H3,(H,15,16). The highest BCUT2D eigenvalue weighted by Gasteiger charge is 2.28. The Bertz CT molecular complexity index is 428. The number of nitrogens with one attached hydrogen (secondary N) is 1. The van der Waals surface area contributed by atoms with Crippen molar-refractivity contribution in [3.05, 3.63) is 0 Å². The maximum absolute atomic E-state index is 12.0. The molecule has 7 nitrogen and oxygen atoms in total. The van der Waals surface area contributed by atoms with E-state index in [1.807, 2.05) is 19.9 Å². The second kappa shape index (κ2) is 8.09. The van der Waals surface area contributed by atoms with Crippen molar-refractivity contribution in [3.63, 3.8) is 0 Å². The van der Waals surface area contributed by atoms with Gasteiger partial charge in [0.15, 0.2) is 0 Å². The Labute approximate surface area is 114 Å². The lowest BCUT2D eigenvalue weighted by Gasteiger charge is -2.23. The van der Waals surface area contributed by atoms with Crippen LogP contribution in [-0.4, -0.2) is 42.9 Å². The van der Waals surface area contributed by atoms with Crippen molar-refractivity contribution in [1.82, 2.24) is 9.03 Å². The molecule has 0 rings (SSSR count). The number of carboxylic acids is 1. The number of aliphatic carboxylic acids is 1. The molecule has 0 saturated carbocycles. The summed E-state index contributed by atoms with van der Waals surface area (Å²) in [7, 11) is -3.88. The molecule has 1 unspecified atom stereocenters. The molecular weight excluding hydrogens is 270 g/mol. The third-order valence-corrected chi connectivity index (χ3v) is 4.17. The number of rotatable bonds is 9. The number of hydrogen-bond acceptors (Lipinski definition) is 4. The lowest BCUT2D eigenvalue weighted by Crippen LogP contribution is -2.49. The van der Waals surface area contributed by atoms with E-state index >= 15 is 0 Å². The summed E-state index contributed by atoms with van der Waals surface area (Å²) in [4.78, 5) is 11.0. The third-order valence-electron chi connectivity index (χ3n) is 2.46. The molecule has 0 saturated heterocycles. The number of carbonyl (C=O) groups is 1. The molecule has 0 amide bonds.